The summed E-state index contributed by atoms with van der Waals surface area (Å²) in [6, 6.07) is 7.24. The second-order valence-corrected chi connectivity index (χ2v) is 9.40. The van der Waals surface area contributed by atoms with Crippen molar-refractivity contribution in [2.75, 3.05) is 5.32 Å². The van der Waals surface area contributed by atoms with Crippen molar-refractivity contribution in [3.63, 3.8) is 0 Å². The van der Waals surface area contributed by atoms with Gasteiger partial charge in [0.1, 0.15) is 0 Å². The number of rotatable bonds is 4. The molecule has 1 unspecified atom stereocenters. The zero-order chi connectivity index (χ0) is 18.8. The van der Waals surface area contributed by atoms with Crippen molar-refractivity contribution in [3.05, 3.63) is 52.0 Å². The fourth-order valence-electron chi connectivity index (χ4n) is 1.86. The van der Waals surface area contributed by atoms with Gasteiger partial charge in [0.05, 0.1) is 0 Å². The SMILES string of the molecule is CC(=O)Nc1cc([As](=O)(O)OC(=O)c2ccc(Cl)cc2Cl)ccc1O. The van der Waals surface area contributed by atoms with Crippen molar-refractivity contribution < 1.29 is 26.3 Å². The number of carbonyl (C=O) groups is 2. The summed E-state index contributed by atoms with van der Waals surface area (Å²) in [6.07, 6.45) is 0. The summed E-state index contributed by atoms with van der Waals surface area (Å²) in [7, 11) is 0. The molecule has 25 heavy (non-hydrogen) atoms. The Labute approximate surface area is 155 Å². The predicted molar refractivity (Wildman–Crippen MR) is 92.6 cm³/mol. The van der Waals surface area contributed by atoms with E-state index in [2.05, 4.69) is 5.32 Å². The Morgan fingerprint density at radius 2 is 1.84 bits per heavy atom. The number of hydrogen-bond donors (Lipinski definition) is 3. The van der Waals surface area contributed by atoms with E-state index in [1.807, 2.05) is 0 Å². The zero-order valence-electron chi connectivity index (χ0n) is 12.7. The van der Waals surface area contributed by atoms with E-state index >= 15 is 0 Å². The first-order valence-corrected chi connectivity index (χ1v) is 10.8. The number of nitrogens with one attached hydrogen (secondary N) is 1. The van der Waals surface area contributed by atoms with Crippen LogP contribution in [0.2, 0.25) is 10.0 Å². The van der Waals surface area contributed by atoms with E-state index in [1.54, 1.807) is 0 Å². The number of aromatic hydroxyl groups is 1. The third kappa shape index (κ3) is 4.80. The summed E-state index contributed by atoms with van der Waals surface area (Å²) in [5.41, 5.74) is -0.205. The Morgan fingerprint density at radius 3 is 2.44 bits per heavy atom. The number of benzene rings is 2. The molecular weight excluding hydrogens is 436 g/mol. The fourth-order valence-corrected chi connectivity index (χ4v) is 4.41. The number of halogens is 2. The van der Waals surface area contributed by atoms with E-state index in [9.17, 15) is 22.5 Å². The van der Waals surface area contributed by atoms with Crippen LogP contribution in [0.1, 0.15) is 17.3 Å². The number of phenolic OH excluding ortho intramolecular Hbond substituents is 1. The first-order valence-electron chi connectivity index (χ1n) is 6.73. The second-order valence-electron chi connectivity index (χ2n) is 4.91. The van der Waals surface area contributed by atoms with Gasteiger partial charge in [-0.3, -0.25) is 0 Å². The first-order chi connectivity index (χ1) is 11.6. The normalized spacial score (nSPS) is 13.0. The van der Waals surface area contributed by atoms with Gasteiger partial charge in [0.15, 0.2) is 0 Å². The van der Waals surface area contributed by atoms with Crippen LogP contribution in [-0.2, 0) is 12.3 Å². The summed E-state index contributed by atoms with van der Waals surface area (Å²) in [5, 5.41) is 12.2. The van der Waals surface area contributed by atoms with Crippen molar-refractivity contribution in [3.8, 4) is 5.75 Å². The van der Waals surface area contributed by atoms with Gasteiger partial charge in [-0.1, -0.05) is 0 Å². The van der Waals surface area contributed by atoms with Crippen LogP contribution in [0.5, 0.6) is 5.75 Å². The average molecular weight is 448 g/mol. The van der Waals surface area contributed by atoms with Crippen LogP contribution in [0.3, 0.4) is 0 Å². The van der Waals surface area contributed by atoms with Gasteiger partial charge < -0.3 is 0 Å². The van der Waals surface area contributed by atoms with Crippen LogP contribution in [0.4, 0.5) is 5.69 Å². The molecule has 0 aromatic heterocycles. The fraction of sp³-hybridized carbons (Fsp3) is 0.0667. The third-order valence-electron chi connectivity index (χ3n) is 2.97. The van der Waals surface area contributed by atoms with Crippen molar-refractivity contribution in [1.82, 2.24) is 0 Å². The Morgan fingerprint density at radius 1 is 1.16 bits per heavy atom. The van der Waals surface area contributed by atoms with Crippen LogP contribution in [0, 0.1) is 0 Å². The minimum absolute atomic E-state index is 0.0300. The van der Waals surface area contributed by atoms with Crippen LogP contribution >= 0.6 is 23.2 Å². The van der Waals surface area contributed by atoms with E-state index in [0.717, 1.165) is 18.2 Å². The molecule has 0 spiro atoms. The summed E-state index contributed by atoms with van der Waals surface area (Å²) < 4.78 is 27.1. The molecule has 2 rings (SSSR count). The Hall–Kier alpha value is -1.92. The van der Waals surface area contributed by atoms with Gasteiger partial charge >= 0.3 is 156 Å². The summed E-state index contributed by atoms with van der Waals surface area (Å²) in [5.74, 6) is -1.89. The number of anilines is 1. The molecule has 0 fully saturated rings. The molecule has 1 amide bonds. The van der Waals surface area contributed by atoms with Gasteiger partial charge in [0.2, 0.25) is 0 Å². The van der Waals surface area contributed by atoms with Crippen molar-refractivity contribution in [2.24, 2.45) is 0 Å². The first kappa shape index (κ1) is 19.4. The molecular formula is C15H12AsCl2NO6. The van der Waals surface area contributed by atoms with Gasteiger partial charge in [-0.2, -0.15) is 0 Å². The maximum absolute atomic E-state index is 12.4. The van der Waals surface area contributed by atoms with E-state index in [0.29, 0.717) is 0 Å². The van der Waals surface area contributed by atoms with Crippen LogP contribution in [0.15, 0.2) is 36.4 Å². The van der Waals surface area contributed by atoms with Gasteiger partial charge in [-0.05, 0) is 0 Å². The molecule has 10 heteroatoms. The van der Waals surface area contributed by atoms with Crippen molar-refractivity contribution in [2.45, 2.75) is 6.92 Å². The maximum atomic E-state index is 12.4. The molecule has 0 aliphatic carbocycles. The summed E-state index contributed by atoms with van der Waals surface area (Å²) in [4.78, 5) is 23.2. The topological polar surface area (TPSA) is 113 Å². The Bertz CT molecular complexity index is 902. The monoisotopic (exact) mass is 447 g/mol. The van der Waals surface area contributed by atoms with E-state index in [4.69, 9.17) is 26.9 Å². The molecule has 0 saturated heterocycles. The molecule has 3 N–H and O–H groups in total. The number of carbonyl (C=O) groups excluding carboxylic acids is 2. The molecule has 0 heterocycles. The van der Waals surface area contributed by atoms with Gasteiger partial charge in [0, 0.05) is 0 Å². The van der Waals surface area contributed by atoms with Crippen molar-refractivity contribution >= 4 is 59.3 Å². The van der Waals surface area contributed by atoms with E-state index in [-0.39, 0.29) is 31.4 Å². The van der Waals surface area contributed by atoms with E-state index < -0.39 is 26.0 Å². The average Bonchev–Trinajstić information content (AvgIpc) is 2.48. The van der Waals surface area contributed by atoms with Gasteiger partial charge in [0.25, 0.3) is 0 Å². The van der Waals surface area contributed by atoms with Crippen LogP contribution in [-0.4, -0.2) is 35.3 Å². The molecule has 2 aromatic carbocycles. The van der Waals surface area contributed by atoms with Gasteiger partial charge in [-0.15, -0.1) is 0 Å². The summed E-state index contributed by atoms with van der Waals surface area (Å²) in [6.45, 7) is 1.21. The molecule has 0 bridgehead atoms. The number of phenols is 1. The second kappa shape index (κ2) is 7.54. The Balaban J connectivity index is 2.31. The standard InChI is InChI=1S/C15H12AsCl2NO6/c1-8(20)19-13-6-9(2-5-14(13)21)16(23,24)25-15(22)11-4-3-10(17)7-12(11)18/h2-7,21H,1H3,(H,19,20)(H,23,24). The molecule has 0 aliphatic rings. The van der Waals surface area contributed by atoms with E-state index in [1.165, 1.54) is 25.1 Å². The molecule has 132 valence electrons. The molecule has 0 aliphatic heterocycles. The minimum atomic E-state index is -5.31. The van der Waals surface area contributed by atoms with Crippen molar-refractivity contribution in [1.29, 1.82) is 0 Å². The molecule has 1 atom stereocenters. The predicted octanol–water partition coefficient (Wildman–Crippen LogP) is 2.08. The molecule has 0 saturated carbocycles. The van der Waals surface area contributed by atoms with Crippen LogP contribution in [0.25, 0.3) is 0 Å². The summed E-state index contributed by atoms with van der Waals surface area (Å²) >= 11 is 6.29. The molecule has 2 aromatic rings. The molecule has 0 radical (unpaired) electrons. The quantitative estimate of drug-likeness (QED) is 0.488. The molecule has 7 nitrogen and oxygen atoms in total. The number of hydrogen-bond acceptors (Lipinski definition) is 5. The Kier molecular flexibility index (Phi) is 5.85. The zero-order valence-corrected chi connectivity index (χ0v) is 16.1. The van der Waals surface area contributed by atoms with Crippen LogP contribution < -0.4 is 9.67 Å². The van der Waals surface area contributed by atoms with Gasteiger partial charge in [-0.25, -0.2) is 0 Å². The number of amides is 1. The third-order valence-corrected chi connectivity index (χ3v) is 6.34.